The van der Waals surface area contributed by atoms with E-state index < -0.39 is 28.6 Å². The molecule has 1 saturated carbocycles. The number of benzene rings is 1. The number of aryl methyl sites for hydroxylation is 1. The van der Waals surface area contributed by atoms with Crippen molar-refractivity contribution in [1.82, 2.24) is 5.32 Å². The molecule has 1 aromatic rings. The third-order valence-electron chi connectivity index (χ3n) is 4.09. The lowest BCUT2D eigenvalue weighted by atomic mass is 9.81. The number of nitrogens with one attached hydrogen (secondary N) is 1. The van der Waals surface area contributed by atoms with Gasteiger partial charge in [0.25, 0.3) is 5.91 Å². The zero-order chi connectivity index (χ0) is 14.8. The van der Waals surface area contributed by atoms with Crippen LogP contribution < -0.4 is 11.1 Å². The molecule has 0 saturated heterocycles. The SMILES string of the molecule is Cc1ccc(F)c(C(=O)NC2(CN)CCCCC2)c1F. The summed E-state index contributed by atoms with van der Waals surface area (Å²) in [6, 6.07) is 2.43. The zero-order valence-electron chi connectivity index (χ0n) is 11.6. The molecule has 0 spiro atoms. The van der Waals surface area contributed by atoms with E-state index in [9.17, 15) is 13.6 Å². The van der Waals surface area contributed by atoms with Gasteiger partial charge in [0.05, 0.1) is 5.54 Å². The standard InChI is InChI=1S/C15H20F2N2O/c1-10-5-6-11(16)12(13(10)17)14(20)19-15(9-18)7-3-2-4-8-15/h5-6H,2-4,7-9,18H2,1H3,(H,19,20). The number of hydrogen-bond donors (Lipinski definition) is 2. The first-order valence-corrected chi connectivity index (χ1v) is 6.96. The van der Waals surface area contributed by atoms with Gasteiger partial charge in [-0.1, -0.05) is 25.3 Å². The van der Waals surface area contributed by atoms with Gasteiger partial charge in [-0.2, -0.15) is 0 Å². The molecule has 1 aliphatic rings. The molecule has 0 aliphatic heterocycles. The molecule has 5 heteroatoms. The lowest BCUT2D eigenvalue weighted by molar-refractivity contribution is 0.0865. The number of halogens is 2. The zero-order valence-corrected chi connectivity index (χ0v) is 11.6. The molecule has 1 fully saturated rings. The summed E-state index contributed by atoms with van der Waals surface area (Å²) in [5, 5.41) is 2.76. The predicted octanol–water partition coefficient (Wildman–Crippen LogP) is 2.66. The Morgan fingerprint density at radius 2 is 1.95 bits per heavy atom. The van der Waals surface area contributed by atoms with Crippen LogP contribution in [0.4, 0.5) is 8.78 Å². The highest BCUT2D eigenvalue weighted by Gasteiger charge is 2.33. The first kappa shape index (κ1) is 14.9. The fourth-order valence-corrected chi connectivity index (χ4v) is 2.78. The Kier molecular flexibility index (Phi) is 4.38. The number of carbonyl (C=O) groups excluding carboxylic acids is 1. The Morgan fingerprint density at radius 1 is 1.30 bits per heavy atom. The van der Waals surface area contributed by atoms with Crippen LogP contribution in [-0.2, 0) is 0 Å². The highest BCUT2D eigenvalue weighted by Crippen LogP contribution is 2.28. The minimum atomic E-state index is -0.839. The summed E-state index contributed by atoms with van der Waals surface area (Å²) in [5.74, 6) is -2.35. The molecule has 2 rings (SSSR count). The first-order chi connectivity index (χ1) is 9.49. The molecule has 0 unspecified atom stereocenters. The van der Waals surface area contributed by atoms with Crippen LogP contribution in [0.3, 0.4) is 0 Å². The molecule has 0 radical (unpaired) electrons. The Hall–Kier alpha value is -1.49. The highest BCUT2D eigenvalue weighted by atomic mass is 19.1. The van der Waals surface area contributed by atoms with E-state index in [2.05, 4.69) is 5.32 Å². The quantitative estimate of drug-likeness (QED) is 0.895. The van der Waals surface area contributed by atoms with Crippen molar-refractivity contribution in [2.24, 2.45) is 5.73 Å². The van der Waals surface area contributed by atoms with E-state index >= 15 is 0 Å². The van der Waals surface area contributed by atoms with Crippen LogP contribution in [0.15, 0.2) is 12.1 Å². The molecule has 0 bridgehead atoms. The topological polar surface area (TPSA) is 55.1 Å². The lowest BCUT2D eigenvalue weighted by Gasteiger charge is -2.37. The first-order valence-electron chi connectivity index (χ1n) is 6.96. The number of rotatable bonds is 3. The van der Waals surface area contributed by atoms with Crippen molar-refractivity contribution < 1.29 is 13.6 Å². The lowest BCUT2D eigenvalue weighted by Crippen LogP contribution is -2.55. The maximum atomic E-state index is 14.0. The molecule has 1 amide bonds. The normalized spacial score (nSPS) is 17.8. The number of nitrogens with two attached hydrogens (primary N) is 1. The summed E-state index contributed by atoms with van der Waals surface area (Å²) in [6.45, 7) is 1.79. The highest BCUT2D eigenvalue weighted by molar-refractivity contribution is 5.95. The average Bonchev–Trinajstić information content (AvgIpc) is 2.44. The molecule has 0 atom stereocenters. The van der Waals surface area contributed by atoms with Gasteiger partial charge in [-0.05, 0) is 31.4 Å². The van der Waals surface area contributed by atoms with Crippen LogP contribution in [-0.4, -0.2) is 18.0 Å². The molecule has 0 aromatic heterocycles. The number of hydrogen-bond acceptors (Lipinski definition) is 2. The van der Waals surface area contributed by atoms with Gasteiger partial charge in [-0.25, -0.2) is 8.78 Å². The largest absolute Gasteiger partial charge is 0.345 e. The third-order valence-corrected chi connectivity index (χ3v) is 4.09. The van der Waals surface area contributed by atoms with Crippen LogP contribution in [0.2, 0.25) is 0 Å². The van der Waals surface area contributed by atoms with Crippen molar-refractivity contribution in [3.8, 4) is 0 Å². The van der Waals surface area contributed by atoms with E-state index in [-0.39, 0.29) is 12.1 Å². The molecule has 1 aromatic carbocycles. The second-order valence-electron chi connectivity index (χ2n) is 5.55. The summed E-state index contributed by atoms with van der Waals surface area (Å²) in [7, 11) is 0. The Balaban J connectivity index is 2.26. The molecule has 1 aliphatic carbocycles. The molecule has 3 nitrogen and oxygen atoms in total. The van der Waals surface area contributed by atoms with Crippen molar-refractivity contribution in [3.63, 3.8) is 0 Å². The van der Waals surface area contributed by atoms with E-state index in [1.54, 1.807) is 0 Å². The van der Waals surface area contributed by atoms with Crippen LogP contribution in [0, 0.1) is 18.6 Å². The minimum Gasteiger partial charge on any atom is -0.345 e. The van der Waals surface area contributed by atoms with Gasteiger partial charge in [0, 0.05) is 6.54 Å². The van der Waals surface area contributed by atoms with Gasteiger partial charge in [0.15, 0.2) is 0 Å². The minimum absolute atomic E-state index is 0.252. The van der Waals surface area contributed by atoms with Crippen molar-refractivity contribution in [2.45, 2.75) is 44.6 Å². The fourth-order valence-electron chi connectivity index (χ4n) is 2.78. The second-order valence-corrected chi connectivity index (χ2v) is 5.55. The maximum Gasteiger partial charge on any atom is 0.257 e. The molecule has 0 heterocycles. The van der Waals surface area contributed by atoms with Crippen molar-refractivity contribution in [3.05, 3.63) is 34.9 Å². The second kappa shape index (κ2) is 5.87. The summed E-state index contributed by atoms with van der Waals surface area (Å²) in [5.41, 5.74) is 4.98. The van der Waals surface area contributed by atoms with Crippen LogP contribution in [0.25, 0.3) is 0 Å². The Morgan fingerprint density at radius 3 is 2.55 bits per heavy atom. The van der Waals surface area contributed by atoms with Crippen molar-refractivity contribution >= 4 is 5.91 Å². The smallest absolute Gasteiger partial charge is 0.257 e. The van der Waals surface area contributed by atoms with Gasteiger partial charge in [0.2, 0.25) is 0 Å². The molecule has 20 heavy (non-hydrogen) atoms. The van der Waals surface area contributed by atoms with Gasteiger partial charge >= 0.3 is 0 Å². The summed E-state index contributed by atoms with van der Waals surface area (Å²) in [6.07, 6.45) is 4.55. The van der Waals surface area contributed by atoms with E-state index in [1.165, 1.54) is 13.0 Å². The van der Waals surface area contributed by atoms with Gasteiger partial charge < -0.3 is 11.1 Å². The summed E-state index contributed by atoms with van der Waals surface area (Å²) >= 11 is 0. The van der Waals surface area contributed by atoms with Crippen LogP contribution >= 0.6 is 0 Å². The fraction of sp³-hybridized carbons (Fsp3) is 0.533. The van der Waals surface area contributed by atoms with Crippen molar-refractivity contribution in [2.75, 3.05) is 6.54 Å². The van der Waals surface area contributed by atoms with Crippen LogP contribution in [0.5, 0.6) is 0 Å². The molecular weight excluding hydrogens is 262 g/mol. The number of carbonyl (C=O) groups is 1. The number of amides is 1. The van der Waals surface area contributed by atoms with Crippen LogP contribution in [0.1, 0.15) is 48.0 Å². The Bertz CT molecular complexity index is 511. The van der Waals surface area contributed by atoms with E-state index in [0.29, 0.717) is 0 Å². The average molecular weight is 282 g/mol. The molecule has 110 valence electrons. The van der Waals surface area contributed by atoms with Gasteiger partial charge in [-0.3, -0.25) is 4.79 Å². The monoisotopic (exact) mass is 282 g/mol. The van der Waals surface area contributed by atoms with Gasteiger partial charge in [-0.15, -0.1) is 0 Å². The summed E-state index contributed by atoms with van der Waals surface area (Å²) < 4.78 is 27.7. The van der Waals surface area contributed by atoms with E-state index in [4.69, 9.17) is 5.73 Å². The van der Waals surface area contributed by atoms with E-state index in [1.807, 2.05) is 0 Å². The Labute approximate surface area is 117 Å². The molecular formula is C15H20F2N2O. The predicted molar refractivity (Wildman–Crippen MR) is 73.4 cm³/mol. The third kappa shape index (κ3) is 2.82. The van der Waals surface area contributed by atoms with E-state index in [0.717, 1.165) is 38.2 Å². The maximum absolute atomic E-state index is 14.0. The summed E-state index contributed by atoms with van der Waals surface area (Å²) in [4.78, 5) is 12.2. The van der Waals surface area contributed by atoms with Crippen molar-refractivity contribution in [1.29, 1.82) is 0 Å². The van der Waals surface area contributed by atoms with Gasteiger partial charge in [0.1, 0.15) is 17.2 Å². The molecule has 3 N–H and O–H groups in total.